The van der Waals surface area contributed by atoms with Crippen molar-refractivity contribution in [2.24, 2.45) is 0 Å². The second kappa shape index (κ2) is 7.68. The van der Waals surface area contributed by atoms with E-state index in [0.717, 1.165) is 10.9 Å². The molecule has 3 aromatic rings. The van der Waals surface area contributed by atoms with E-state index in [2.05, 4.69) is 16.4 Å². The number of cyclic esters (lactones) is 1. The molecule has 1 aliphatic heterocycles. The number of hydrogen-bond acceptors (Lipinski definition) is 7. The Kier molecular flexibility index (Phi) is 4.92. The molecule has 1 aliphatic rings. The van der Waals surface area contributed by atoms with E-state index in [9.17, 15) is 10.1 Å². The summed E-state index contributed by atoms with van der Waals surface area (Å²) in [6.45, 7) is 5.06. The number of carbonyl (C=O) groups is 1. The number of fused-ring (bicyclic) bond motifs is 2. The minimum atomic E-state index is -0.344. The van der Waals surface area contributed by atoms with E-state index in [4.69, 9.17) is 14.2 Å². The van der Waals surface area contributed by atoms with Gasteiger partial charge in [-0.05, 0) is 32.0 Å². The molecule has 2 aromatic carbocycles. The molecule has 7 heteroatoms. The van der Waals surface area contributed by atoms with Crippen molar-refractivity contribution in [2.75, 3.05) is 18.5 Å². The van der Waals surface area contributed by atoms with Crippen molar-refractivity contribution in [3.05, 3.63) is 53.2 Å². The van der Waals surface area contributed by atoms with Crippen molar-refractivity contribution in [3.8, 4) is 17.6 Å². The maximum absolute atomic E-state index is 11.9. The van der Waals surface area contributed by atoms with Crippen molar-refractivity contribution in [3.63, 3.8) is 0 Å². The summed E-state index contributed by atoms with van der Waals surface area (Å²) in [5.41, 5.74) is 3.69. The van der Waals surface area contributed by atoms with Crippen LogP contribution in [-0.2, 0) is 11.3 Å². The number of hydrogen-bond donors (Lipinski definition) is 1. The average molecular weight is 389 g/mol. The number of pyridine rings is 1. The van der Waals surface area contributed by atoms with Gasteiger partial charge in [0.2, 0.25) is 0 Å². The average Bonchev–Trinajstić information content (AvgIpc) is 3.10. The molecule has 0 atom stereocenters. The lowest BCUT2D eigenvalue weighted by Gasteiger charge is -2.16. The maximum Gasteiger partial charge on any atom is 0.338 e. The van der Waals surface area contributed by atoms with Gasteiger partial charge in [0, 0.05) is 28.9 Å². The van der Waals surface area contributed by atoms with Crippen LogP contribution in [-0.4, -0.2) is 24.2 Å². The van der Waals surface area contributed by atoms with E-state index >= 15 is 0 Å². The summed E-state index contributed by atoms with van der Waals surface area (Å²) >= 11 is 0. The van der Waals surface area contributed by atoms with Crippen molar-refractivity contribution in [1.82, 2.24) is 4.98 Å². The Morgan fingerprint density at radius 2 is 1.93 bits per heavy atom. The van der Waals surface area contributed by atoms with Crippen LogP contribution in [0.5, 0.6) is 11.5 Å². The molecule has 2 heterocycles. The third-order valence-corrected chi connectivity index (χ3v) is 4.61. The molecular formula is C22H19N3O4. The summed E-state index contributed by atoms with van der Waals surface area (Å²) in [6, 6.07) is 11.2. The van der Waals surface area contributed by atoms with E-state index in [1.807, 2.05) is 32.0 Å². The molecular weight excluding hydrogens is 370 g/mol. The largest absolute Gasteiger partial charge is 0.490 e. The number of esters is 1. The molecule has 0 unspecified atom stereocenters. The predicted molar refractivity (Wildman–Crippen MR) is 108 cm³/mol. The fourth-order valence-electron chi connectivity index (χ4n) is 3.29. The lowest BCUT2D eigenvalue weighted by molar-refractivity contribution is 0.0535. The first kappa shape index (κ1) is 18.6. The van der Waals surface area contributed by atoms with Crippen LogP contribution in [0.2, 0.25) is 0 Å². The Bertz CT molecular complexity index is 1150. The SMILES string of the molecule is CCOc1cc2ncc(C#N)c(Nc3ccc4c(c3)C(=O)OC4)c2cc1OCC. The zero-order valence-electron chi connectivity index (χ0n) is 16.1. The fourth-order valence-corrected chi connectivity index (χ4v) is 3.29. The van der Waals surface area contributed by atoms with Crippen molar-refractivity contribution >= 4 is 28.2 Å². The quantitative estimate of drug-likeness (QED) is 0.628. The third kappa shape index (κ3) is 3.41. The Morgan fingerprint density at radius 3 is 2.66 bits per heavy atom. The number of aromatic nitrogens is 1. The summed E-state index contributed by atoms with van der Waals surface area (Å²) < 4.78 is 16.5. The normalized spacial score (nSPS) is 12.2. The number of carbonyl (C=O) groups excluding carboxylic acids is 1. The van der Waals surface area contributed by atoms with Gasteiger partial charge in [-0.2, -0.15) is 5.26 Å². The van der Waals surface area contributed by atoms with Gasteiger partial charge >= 0.3 is 5.97 Å². The maximum atomic E-state index is 11.9. The number of nitriles is 1. The molecule has 0 spiro atoms. The van der Waals surface area contributed by atoms with Crippen LogP contribution in [0, 0.1) is 11.3 Å². The number of nitrogens with one attached hydrogen (secondary N) is 1. The van der Waals surface area contributed by atoms with Gasteiger partial charge in [0.15, 0.2) is 11.5 Å². The second-order valence-electron chi connectivity index (χ2n) is 6.41. The number of anilines is 2. The van der Waals surface area contributed by atoms with E-state index < -0.39 is 0 Å². The third-order valence-electron chi connectivity index (χ3n) is 4.61. The molecule has 0 aliphatic carbocycles. The molecule has 1 N–H and O–H groups in total. The van der Waals surface area contributed by atoms with E-state index in [0.29, 0.717) is 52.7 Å². The minimum Gasteiger partial charge on any atom is -0.490 e. The number of ether oxygens (including phenoxy) is 3. The van der Waals surface area contributed by atoms with Crippen LogP contribution >= 0.6 is 0 Å². The lowest BCUT2D eigenvalue weighted by Crippen LogP contribution is -2.02. The molecule has 0 saturated heterocycles. The highest BCUT2D eigenvalue weighted by atomic mass is 16.5. The van der Waals surface area contributed by atoms with Gasteiger partial charge < -0.3 is 19.5 Å². The van der Waals surface area contributed by atoms with Gasteiger partial charge in [0.25, 0.3) is 0 Å². The highest BCUT2D eigenvalue weighted by molar-refractivity contribution is 5.99. The van der Waals surface area contributed by atoms with E-state index in [1.165, 1.54) is 6.20 Å². The fraction of sp³-hybridized carbons (Fsp3) is 0.227. The van der Waals surface area contributed by atoms with Gasteiger partial charge in [-0.1, -0.05) is 6.07 Å². The Hall–Kier alpha value is -3.79. The molecule has 1 aromatic heterocycles. The summed E-state index contributed by atoms with van der Waals surface area (Å²) in [5.74, 6) is 0.841. The van der Waals surface area contributed by atoms with Crippen molar-refractivity contribution in [2.45, 2.75) is 20.5 Å². The van der Waals surface area contributed by atoms with Gasteiger partial charge in [-0.3, -0.25) is 4.98 Å². The molecule has 0 radical (unpaired) electrons. The van der Waals surface area contributed by atoms with Crippen LogP contribution in [0.3, 0.4) is 0 Å². The summed E-state index contributed by atoms with van der Waals surface area (Å²) in [5, 5.41) is 13.6. The first-order valence-electron chi connectivity index (χ1n) is 9.34. The molecule has 7 nitrogen and oxygen atoms in total. The molecule has 146 valence electrons. The summed E-state index contributed by atoms with van der Waals surface area (Å²) in [6.07, 6.45) is 1.52. The van der Waals surface area contributed by atoms with Crippen LogP contribution in [0.4, 0.5) is 11.4 Å². The Labute approximate surface area is 167 Å². The van der Waals surface area contributed by atoms with Crippen LogP contribution < -0.4 is 14.8 Å². The van der Waals surface area contributed by atoms with Gasteiger partial charge in [0.05, 0.1) is 35.5 Å². The molecule has 29 heavy (non-hydrogen) atoms. The smallest absolute Gasteiger partial charge is 0.338 e. The summed E-state index contributed by atoms with van der Waals surface area (Å²) in [4.78, 5) is 16.3. The zero-order valence-corrected chi connectivity index (χ0v) is 16.1. The monoisotopic (exact) mass is 389 g/mol. The lowest BCUT2D eigenvalue weighted by atomic mass is 10.1. The van der Waals surface area contributed by atoms with Gasteiger partial charge in [0.1, 0.15) is 12.7 Å². The molecule has 0 saturated carbocycles. The predicted octanol–water partition coefficient (Wildman–Crippen LogP) is 4.32. The number of rotatable bonds is 6. The molecule has 0 fully saturated rings. The van der Waals surface area contributed by atoms with Crippen molar-refractivity contribution in [1.29, 1.82) is 5.26 Å². The van der Waals surface area contributed by atoms with Crippen LogP contribution in [0.1, 0.15) is 35.3 Å². The zero-order chi connectivity index (χ0) is 20.4. The Balaban J connectivity index is 1.84. The number of nitrogens with zero attached hydrogens (tertiary/aromatic N) is 2. The topological polar surface area (TPSA) is 93.5 Å². The minimum absolute atomic E-state index is 0.286. The second-order valence-corrected chi connectivity index (χ2v) is 6.41. The first-order chi connectivity index (χ1) is 14.1. The van der Waals surface area contributed by atoms with Crippen LogP contribution in [0.15, 0.2) is 36.5 Å². The van der Waals surface area contributed by atoms with Crippen molar-refractivity contribution < 1.29 is 19.0 Å². The van der Waals surface area contributed by atoms with Crippen LogP contribution in [0.25, 0.3) is 10.9 Å². The standard InChI is InChI=1S/C22H19N3O4/c1-3-27-19-8-17-18(9-20(19)28-4-2)24-11-14(10-23)21(17)25-15-6-5-13-12-29-22(26)16(13)7-15/h5-9,11H,3-4,12H2,1-2H3,(H,24,25). The number of benzene rings is 2. The Morgan fingerprint density at radius 1 is 1.17 bits per heavy atom. The van der Waals surface area contributed by atoms with Gasteiger partial charge in [-0.25, -0.2) is 4.79 Å². The van der Waals surface area contributed by atoms with Gasteiger partial charge in [-0.15, -0.1) is 0 Å². The van der Waals surface area contributed by atoms with E-state index in [-0.39, 0.29) is 12.6 Å². The highest BCUT2D eigenvalue weighted by Crippen LogP contribution is 2.37. The summed E-state index contributed by atoms with van der Waals surface area (Å²) in [7, 11) is 0. The molecule has 0 amide bonds. The molecule has 4 rings (SSSR count). The first-order valence-corrected chi connectivity index (χ1v) is 9.34. The van der Waals surface area contributed by atoms with E-state index in [1.54, 1.807) is 12.1 Å². The molecule has 0 bridgehead atoms. The highest BCUT2D eigenvalue weighted by Gasteiger charge is 2.22.